The maximum Gasteiger partial charge on any atom is 0.236 e. The third kappa shape index (κ3) is 5.48. The molecular formula is C14H21BrN2O3. The van der Waals surface area contributed by atoms with Gasteiger partial charge in [-0.1, -0.05) is 15.9 Å². The van der Waals surface area contributed by atoms with Crippen molar-refractivity contribution in [2.24, 2.45) is 0 Å². The molecule has 0 heterocycles. The number of hydrogen-bond acceptors (Lipinski definition) is 4. The molecule has 0 radical (unpaired) electrons. The molecule has 20 heavy (non-hydrogen) atoms. The van der Waals surface area contributed by atoms with Gasteiger partial charge in [0.15, 0.2) is 0 Å². The molecule has 0 aromatic heterocycles. The third-order valence-electron chi connectivity index (χ3n) is 2.84. The van der Waals surface area contributed by atoms with Crippen LogP contribution in [-0.4, -0.2) is 39.3 Å². The van der Waals surface area contributed by atoms with Crippen molar-refractivity contribution in [1.29, 1.82) is 0 Å². The highest BCUT2D eigenvalue weighted by atomic mass is 79.9. The van der Waals surface area contributed by atoms with Crippen LogP contribution in [0.5, 0.6) is 5.75 Å². The fraction of sp³-hybridized carbons (Fsp3) is 0.500. The van der Waals surface area contributed by atoms with Crippen LogP contribution < -0.4 is 15.4 Å². The van der Waals surface area contributed by atoms with Crippen molar-refractivity contribution >= 4 is 21.8 Å². The maximum absolute atomic E-state index is 11.8. The molecule has 1 amide bonds. The largest absolute Gasteiger partial charge is 0.496 e. The van der Waals surface area contributed by atoms with E-state index in [4.69, 9.17) is 9.47 Å². The first kappa shape index (κ1) is 16.9. The molecule has 0 fully saturated rings. The number of carbonyl (C=O) groups excluding carboxylic acids is 1. The van der Waals surface area contributed by atoms with E-state index in [1.165, 1.54) is 0 Å². The van der Waals surface area contributed by atoms with Gasteiger partial charge < -0.3 is 20.1 Å². The lowest BCUT2D eigenvalue weighted by atomic mass is 10.2. The third-order valence-corrected chi connectivity index (χ3v) is 3.33. The Hall–Kier alpha value is -1.11. The van der Waals surface area contributed by atoms with Crippen molar-refractivity contribution in [3.05, 3.63) is 28.2 Å². The summed E-state index contributed by atoms with van der Waals surface area (Å²) in [4.78, 5) is 11.8. The molecule has 0 saturated heterocycles. The molecule has 1 aromatic carbocycles. The van der Waals surface area contributed by atoms with Gasteiger partial charge in [0, 0.05) is 30.2 Å². The lowest BCUT2D eigenvalue weighted by Crippen LogP contribution is -2.42. The summed E-state index contributed by atoms with van der Waals surface area (Å²) in [7, 11) is 3.24. The average Bonchev–Trinajstić information content (AvgIpc) is 2.45. The normalized spacial score (nSPS) is 12.0. The van der Waals surface area contributed by atoms with Gasteiger partial charge in [-0.25, -0.2) is 0 Å². The Morgan fingerprint density at radius 1 is 1.40 bits per heavy atom. The molecule has 0 aliphatic rings. The number of methoxy groups -OCH3 is 2. The van der Waals surface area contributed by atoms with Crippen molar-refractivity contribution in [2.45, 2.75) is 19.5 Å². The van der Waals surface area contributed by atoms with Gasteiger partial charge in [0.2, 0.25) is 5.91 Å². The standard InChI is InChI=1S/C14H21BrN2O3/c1-10(14(18)16-6-7-19-2)17-9-11-8-12(15)4-5-13(11)20-3/h4-5,8,10,17H,6-7,9H2,1-3H3,(H,16,18). The van der Waals surface area contributed by atoms with Gasteiger partial charge in [-0.2, -0.15) is 0 Å². The summed E-state index contributed by atoms with van der Waals surface area (Å²) in [6.45, 7) is 3.41. The SMILES string of the molecule is COCCNC(=O)C(C)NCc1cc(Br)ccc1OC. The van der Waals surface area contributed by atoms with Gasteiger partial charge in [0.05, 0.1) is 19.8 Å². The summed E-state index contributed by atoms with van der Waals surface area (Å²) in [5.74, 6) is 0.753. The quantitative estimate of drug-likeness (QED) is 0.704. The summed E-state index contributed by atoms with van der Waals surface area (Å²) in [5.41, 5.74) is 0.999. The van der Waals surface area contributed by atoms with Crippen LogP contribution >= 0.6 is 15.9 Å². The van der Waals surface area contributed by atoms with Gasteiger partial charge >= 0.3 is 0 Å². The number of ether oxygens (including phenoxy) is 2. The fourth-order valence-corrected chi connectivity index (χ4v) is 2.08. The first-order valence-electron chi connectivity index (χ1n) is 6.41. The van der Waals surface area contributed by atoms with Gasteiger partial charge in [0.25, 0.3) is 0 Å². The van der Waals surface area contributed by atoms with Crippen molar-refractivity contribution in [3.8, 4) is 5.75 Å². The number of halogens is 1. The molecule has 6 heteroatoms. The number of rotatable bonds is 8. The van der Waals surface area contributed by atoms with Gasteiger partial charge in [-0.3, -0.25) is 4.79 Å². The van der Waals surface area contributed by atoms with Crippen LogP contribution in [0.3, 0.4) is 0 Å². The number of hydrogen-bond donors (Lipinski definition) is 2. The van der Waals surface area contributed by atoms with Crippen LogP contribution in [0.25, 0.3) is 0 Å². The molecule has 1 aromatic rings. The van der Waals surface area contributed by atoms with E-state index >= 15 is 0 Å². The Kier molecular flexibility index (Phi) is 7.58. The average molecular weight is 345 g/mol. The fourth-order valence-electron chi connectivity index (χ4n) is 1.67. The molecule has 0 aliphatic carbocycles. The Morgan fingerprint density at radius 3 is 2.80 bits per heavy atom. The van der Waals surface area contributed by atoms with E-state index in [9.17, 15) is 4.79 Å². The zero-order chi connectivity index (χ0) is 15.0. The van der Waals surface area contributed by atoms with Crippen molar-refractivity contribution in [3.63, 3.8) is 0 Å². The van der Waals surface area contributed by atoms with E-state index in [2.05, 4.69) is 26.6 Å². The Labute approximate surface area is 128 Å². The van der Waals surface area contributed by atoms with Crippen molar-refractivity contribution < 1.29 is 14.3 Å². The van der Waals surface area contributed by atoms with Crippen LogP contribution in [0.2, 0.25) is 0 Å². The number of amides is 1. The zero-order valence-corrected chi connectivity index (χ0v) is 13.6. The highest BCUT2D eigenvalue weighted by molar-refractivity contribution is 9.10. The number of carbonyl (C=O) groups is 1. The number of nitrogens with one attached hydrogen (secondary N) is 2. The van der Waals surface area contributed by atoms with Crippen LogP contribution in [0, 0.1) is 0 Å². The molecule has 0 saturated carbocycles. The molecule has 0 spiro atoms. The predicted octanol–water partition coefficient (Wildman–Crippen LogP) is 1.70. The van der Waals surface area contributed by atoms with E-state index in [0.717, 1.165) is 15.8 Å². The van der Waals surface area contributed by atoms with Gasteiger partial charge in [-0.05, 0) is 25.1 Å². The summed E-state index contributed by atoms with van der Waals surface area (Å²) >= 11 is 3.43. The minimum atomic E-state index is -0.282. The Morgan fingerprint density at radius 2 is 2.15 bits per heavy atom. The second-order valence-electron chi connectivity index (χ2n) is 4.34. The first-order chi connectivity index (χ1) is 9.58. The van der Waals surface area contributed by atoms with E-state index < -0.39 is 0 Å². The number of benzene rings is 1. The molecule has 5 nitrogen and oxygen atoms in total. The summed E-state index contributed by atoms with van der Waals surface area (Å²) in [5, 5.41) is 5.97. The molecule has 1 rings (SSSR count). The molecule has 112 valence electrons. The minimum Gasteiger partial charge on any atom is -0.496 e. The van der Waals surface area contributed by atoms with Crippen LogP contribution in [0.4, 0.5) is 0 Å². The molecule has 1 unspecified atom stereocenters. The monoisotopic (exact) mass is 344 g/mol. The smallest absolute Gasteiger partial charge is 0.236 e. The summed E-state index contributed by atoms with van der Waals surface area (Å²) in [6.07, 6.45) is 0. The van der Waals surface area contributed by atoms with Crippen LogP contribution in [0.1, 0.15) is 12.5 Å². The van der Waals surface area contributed by atoms with Crippen molar-refractivity contribution in [1.82, 2.24) is 10.6 Å². The summed E-state index contributed by atoms with van der Waals surface area (Å²) < 4.78 is 11.2. The lowest BCUT2D eigenvalue weighted by molar-refractivity contribution is -0.122. The second-order valence-corrected chi connectivity index (χ2v) is 5.26. The van der Waals surface area contributed by atoms with Gasteiger partial charge in [0.1, 0.15) is 5.75 Å². The van der Waals surface area contributed by atoms with E-state index in [1.54, 1.807) is 14.2 Å². The van der Waals surface area contributed by atoms with E-state index in [0.29, 0.717) is 19.7 Å². The van der Waals surface area contributed by atoms with Crippen LogP contribution in [-0.2, 0) is 16.1 Å². The first-order valence-corrected chi connectivity index (χ1v) is 7.20. The minimum absolute atomic E-state index is 0.0454. The zero-order valence-electron chi connectivity index (χ0n) is 12.0. The maximum atomic E-state index is 11.8. The highest BCUT2D eigenvalue weighted by Crippen LogP contribution is 2.22. The lowest BCUT2D eigenvalue weighted by Gasteiger charge is -2.15. The second kappa shape index (κ2) is 8.94. The molecule has 1 atom stereocenters. The van der Waals surface area contributed by atoms with Crippen molar-refractivity contribution in [2.75, 3.05) is 27.4 Å². The predicted molar refractivity (Wildman–Crippen MR) is 81.9 cm³/mol. The van der Waals surface area contributed by atoms with E-state index in [1.807, 2.05) is 25.1 Å². The van der Waals surface area contributed by atoms with E-state index in [-0.39, 0.29) is 11.9 Å². The molecule has 2 N–H and O–H groups in total. The molecule has 0 bridgehead atoms. The molecule has 0 aliphatic heterocycles. The topological polar surface area (TPSA) is 59.6 Å². The van der Waals surface area contributed by atoms with Crippen LogP contribution in [0.15, 0.2) is 22.7 Å². The van der Waals surface area contributed by atoms with Gasteiger partial charge in [-0.15, -0.1) is 0 Å². The Bertz CT molecular complexity index is 440. The summed E-state index contributed by atoms with van der Waals surface area (Å²) in [6, 6.07) is 5.50. The molecular weight excluding hydrogens is 324 g/mol. The Balaban J connectivity index is 2.49. The highest BCUT2D eigenvalue weighted by Gasteiger charge is 2.12.